The van der Waals surface area contributed by atoms with E-state index in [-0.39, 0.29) is 23.5 Å². The van der Waals surface area contributed by atoms with Gasteiger partial charge in [-0.25, -0.2) is 13.1 Å². The minimum atomic E-state index is -3.82. The molecule has 29 heavy (non-hydrogen) atoms. The number of carbonyl (C=O) groups is 1. The van der Waals surface area contributed by atoms with Crippen molar-refractivity contribution >= 4 is 26.7 Å². The smallest absolute Gasteiger partial charge is 0.241 e. The van der Waals surface area contributed by atoms with Crippen molar-refractivity contribution in [1.29, 1.82) is 0 Å². The van der Waals surface area contributed by atoms with E-state index >= 15 is 0 Å². The van der Waals surface area contributed by atoms with Crippen molar-refractivity contribution in [3.05, 3.63) is 78.4 Å². The SMILES string of the molecule is O=C(CNS(=O)(=O)c1cccc2ccccc12)N1CCO[C@@H](c2ccccc2)C1. The molecule has 7 heteroatoms. The van der Waals surface area contributed by atoms with Gasteiger partial charge in [0.25, 0.3) is 0 Å². The summed E-state index contributed by atoms with van der Waals surface area (Å²) in [6.07, 6.45) is -0.205. The van der Waals surface area contributed by atoms with Crippen LogP contribution in [0.2, 0.25) is 0 Å². The maximum Gasteiger partial charge on any atom is 0.241 e. The fraction of sp³-hybridized carbons (Fsp3) is 0.227. The van der Waals surface area contributed by atoms with Crippen molar-refractivity contribution in [1.82, 2.24) is 9.62 Å². The molecular formula is C22H22N2O4S. The molecule has 0 saturated carbocycles. The summed E-state index contributed by atoms with van der Waals surface area (Å²) in [7, 11) is -3.82. The van der Waals surface area contributed by atoms with Crippen molar-refractivity contribution in [3.8, 4) is 0 Å². The van der Waals surface area contributed by atoms with Crippen molar-refractivity contribution in [2.75, 3.05) is 26.2 Å². The first kappa shape index (κ1) is 19.6. The van der Waals surface area contributed by atoms with Crippen LogP contribution in [0.15, 0.2) is 77.7 Å². The first-order chi connectivity index (χ1) is 14.0. The zero-order valence-corrected chi connectivity index (χ0v) is 16.6. The first-order valence-corrected chi connectivity index (χ1v) is 10.9. The minimum Gasteiger partial charge on any atom is -0.370 e. The number of hydrogen-bond acceptors (Lipinski definition) is 4. The van der Waals surface area contributed by atoms with Gasteiger partial charge in [-0.15, -0.1) is 0 Å². The minimum absolute atomic E-state index is 0.174. The molecule has 4 rings (SSSR count). The number of ether oxygens (including phenoxy) is 1. The number of amides is 1. The van der Waals surface area contributed by atoms with E-state index < -0.39 is 10.0 Å². The Morgan fingerprint density at radius 1 is 1.00 bits per heavy atom. The highest BCUT2D eigenvalue weighted by molar-refractivity contribution is 7.89. The van der Waals surface area contributed by atoms with Gasteiger partial charge in [0.2, 0.25) is 15.9 Å². The molecule has 3 aromatic rings. The maximum absolute atomic E-state index is 12.8. The molecule has 0 aliphatic carbocycles. The Morgan fingerprint density at radius 2 is 1.72 bits per heavy atom. The first-order valence-electron chi connectivity index (χ1n) is 9.46. The molecule has 0 spiro atoms. The van der Waals surface area contributed by atoms with E-state index in [0.717, 1.165) is 10.9 Å². The average molecular weight is 410 g/mol. The molecule has 0 unspecified atom stereocenters. The second kappa shape index (κ2) is 8.32. The number of rotatable bonds is 5. The van der Waals surface area contributed by atoms with Crippen LogP contribution in [0.3, 0.4) is 0 Å². The van der Waals surface area contributed by atoms with Gasteiger partial charge in [-0.1, -0.05) is 66.7 Å². The third-order valence-electron chi connectivity index (χ3n) is 5.04. The average Bonchev–Trinajstić information content (AvgIpc) is 2.78. The number of benzene rings is 3. The highest BCUT2D eigenvalue weighted by atomic mass is 32.2. The van der Waals surface area contributed by atoms with Crippen molar-refractivity contribution < 1.29 is 17.9 Å². The number of sulfonamides is 1. The van der Waals surface area contributed by atoms with E-state index in [1.807, 2.05) is 48.5 Å². The number of carbonyl (C=O) groups excluding carboxylic acids is 1. The maximum atomic E-state index is 12.8. The largest absolute Gasteiger partial charge is 0.370 e. The molecule has 150 valence electrons. The summed E-state index contributed by atoms with van der Waals surface area (Å²) < 4.78 is 33.9. The predicted molar refractivity (Wildman–Crippen MR) is 111 cm³/mol. The Kier molecular flexibility index (Phi) is 5.62. The molecule has 0 bridgehead atoms. The lowest BCUT2D eigenvalue weighted by Crippen LogP contribution is -2.46. The summed E-state index contributed by atoms with van der Waals surface area (Å²) >= 11 is 0. The van der Waals surface area contributed by atoms with E-state index in [9.17, 15) is 13.2 Å². The Bertz CT molecular complexity index is 1110. The van der Waals surface area contributed by atoms with Gasteiger partial charge in [0.05, 0.1) is 24.6 Å². The molecule has 6 nitrogen and oxygen atoms in total. The summed E-state index contributed by atoms with van der Waals surface area (Å²) in [5, 5.41) is 1.46. The Hall–Kier alpha value is -2.74. The Morgan fingerprint density at radius 3 is 2.55 bits per heavy atom. The Balaban J connectivity index is 1.44. The summed E-state index contributed by atoms with van der Waals surface area (Å²) in [5.41, 5.74) is 1.00. The molecular weight excluding hydrogens is 388 g/mol. The molecule has 1 fully saturated rings. The van der Waals surface area contributed by atoms with Crippen LogP contribution in [-0.2, 0) is 19.6 Å². The third kappa shape index (κ3) is 4.32. The molecule has 1 atom stereocenters. The highest BCUT2D eigenvalue weighted by Crippen LogP contribution is 2.23. The molecule has 0 aromatic heterocycles. The monoisotopic (exact) mass is 410 g/mol. The topological polar surface area (TPSA) is 75.7 Å². The molecule has 1 saturated heterocycles. The second-order valence-electron chi connectivity index (χ2n) is 6.91. The van der Waals surface area contributed by atoms with E-state index in [0.29, 0.717) is 25.1 Å². The predicted octanol–water partition coefficient (Wildman–Crippen LogP) is 2.72. The van der Waals surface area contributed by atoms with Crippen molar-refractivity contribution in [2.24, 2.45) is 0 Å². The fourth-order valence-electron chi connectivity index (χ4n) is 3.52. The van der Waals surface area contributed by atoms with E-state index in [1.54, 1.807) is 29.2 Å². The molecule has 1 N–H and O–H groups in total. The number of nitrogens with one attached hydrogen (secondary N) is 1. The molecule has 3 aromatic carbocycles. The van der Waals surface area contributed by atoms with Gasteiger partial charge >= 0.3 is 0 Å². The summed E-state index contributed by atoms with van der Waals surface area (Å²) in [6, 6.07) is 22.1. The van der Waals surface area contributed by atoms with Gasteiger partial charge in [-0.05, 0) is 17.0 Å². The zero-order chi connectivity index (χ0) is 20.3. The number of nitrogens with zero attached hydrogens (tertiary/aromatic N) is 1. The van der Waals surface area contributed by atoms with E-state index in [4.69, 9.17) is 4.74 Å². The van der Waals surface area contributed by atoms with Crippen molar-refractivity contribution in [2.45, 2.75) is 11.0 Å². The third-order valence-corrected chi connectivity index (χ3v) is 6.50. The number of hydrogen-bond donors (Lipinski definition) is 1. The summed E-state index contributed by atoms with van der Waals surface area (Å²) in [4.78, 5) is 14.5. The highest BCUT2D eigenvalue weighted by Gasteiger charge is 2.26. The Labute approximate surface area is 170 Å². The molecule has 1 heterocycles. The molecule has 0 radical (unpaired) electrons. The fourth-order valence-corrected chi connectivity index (χ4v) is 4.72. The van der Waals surface area contributed by atoms with Crippen LogP contribution >= 0.6 is 0 Å². The van der Waals surface area contributed by atoms with Gasteiger partial charge in [0.15, 0.2) is 0 Å². The van der Waals surface area contributed by atoms with Gasteiger partial charge in [0.1, 0.15) is 6.10 Å². The van der Waals surface area contributed by atoms with Crippen LogP contribution < -0.4 is 4.72 Å². The second-order valence-corrected chi connectivity index (χ2v) is 8.65. The van der Waals surface area contributed by atoms with Gasteiger partial charge in [-0.2, -0.15) is 0 Å². The normalized spacial score (nSPS) is 17.4. The van der Waals surface area contributed by atoms with Crippen LogP contribution in [0, 0.1) is 0 Å². The van der Waals surface area contributed by atoms with Crippen LogP contribution in [0.5, 0.6) is 0 Å². The van der Waals surface area contributed by atoms with Crippen LogP contribution in [0.4, 0.5) is 0 Å². The van der Waals surface area contributed by atoms with Gasteiger partial charge in [-0.3, -0.25) is 4.79 Å². The van der Waals surface area contributed by atoms with Crippen LogP contribution in [0.25, 0.3) is 10.8 Å². The van der Waals surface area contributed by atoms with Gasteiger partial charge in [0, 0.05) is 11.9 Å². The molecule has 1 aliphatic heterocycles. The standard InChI is InChI=1S/C22H22N2O4S/c25-22(24-13-14-28-20(16-24)18-8-2-1-3-9-18)15-23-29(26,27)21-12-6-10-17-7-4-5-11-19(17)21/h1-12,20,23H,13-16H2/t20-/m1/s1. The summed E-state index contributed by atoms with van der Waals surface area (Å²) in [5.74, 6) is -0.266. The van der Waals surface area contributed by atoms with Crippen LogP contribution in [0.1, 0.15) is 11.7 Å². The van der Waals surface area contributed by atoms with Gasteiger partial charge < -0.3 is 9.64 Å². The van der Waals surface area contributed by atoms with E-state index in [1.165, 1.54) is 0 Å². The summed E-state index contributed by atoms with van der Waals surface area (Å²) in [6.45, 7) is 0.978. The molecule has 1 aliphatic rings. The lowest BCUT2D eigenvalue weighted by atomic mass is 10.1. The van der Waals surface area contributed by atoms with Crippen LogP contribution in [-0.4, -0.2) is 45.5 Å². The quantitative estimate of drug-likeness (QED) is 0.702. The molecule has 1 amide bonds. The lowest BCUT2D eigenvalue weighted by molar-refractivity contribution is -0.137. The number of fused-ring (bicyclic) bond motifs is 1. The van der Waals surface area contributed by atoms with E-state index in [2.05, 4.69) is 4.72 Å². The van der Waals surface area contributed by atoms with Crippen molar-refractivity contribution in [3.63, 3.8) is 0 Å². The zero-order valence-electron chi connectivity index (χ0n) is 15.8. The lowest BCUT2D eigenvalue weighted by Gasteiger charge is -2.33. The number of morpholine rings is 1.